The van der Waals surface area contributed by atoms with E-state index >= 15 is 0 Å². The first-order valence-corrected chi connectivity index (χ1v) is 17.3. The van der Waals surface area contributed by atoms with E-state index in [0.29, 0.717) is 0 Å². The number of rotatable bonds is 4. The summed E-state index contributed by atoms with van der Waals surface area (Å²) in [4.78, 5) is 0. The van der Waals surface area contributed by atoms with E-state index in [0.717, 1.165) is 0 Å². The fraction of sp³-hybridized carbons (Fsp3) is 0. The first kappa shape index (κ1) is 28.5. The van der Waals surface area contributed by atoms with E-state index in [9.17, 15) is 0 Å². The molecule has 0 heterocycles. The molecule has 0 aliphatic heterocycles. The fourth-order valence-electron chi connectivity index (χ4n) is 7.85. The quantitative estimate of drug-likeness (QED) is 0.169. The summed E-state index contributed by atoms with van der Waals surface area (Å²) in [6, 6.07) is 71.4. The molecule has 0 bridgehead atoms. The summed E-state index contributed by atoms with van der Waals surface area (Å²) in [7, 11) is 0. The first-order valence-electron chi connectivity index (χ1n) is 17.3. The highest BCUT2D eigenvalue weighted by Gasteiger charge is 2.15. The van der Waals surface area contributed by atoms with Crippen LogP contribution in [0.5, 0.6) is 0 Å². The van der Waals surface area contributed by atoms with Crippen LogP contribution in [0.15, 0.2) is 194 Å². The van der Waals surface area contributed by atoms with Crippen LogP contribution in [-0.4, -0.2) is 0 Å². The fourth-order valence-corrected chi connectivity index (χ4v) is 7.85. The summed E-state index contributed by atoms with van der Waals surface area (Å²) in [5, 5.41) is 12.7. The summed E-state index contributed by atoms with van der Waals surface area (Å²) in [6.07, 6.45) is 0. The standard InChI is InChI=1S/C50H32/c1-3-11-39-29-41(27-21-33(39)9-1)35-17-23-37(24-18-35)47-31-49-46-16-8-6-14-44(46)48(32-50(49)45-15-7-5-13-43(45)47)38-25-19-36(20-26-38)42-28-22-34-10-2-4-12-40(34)30-42/h1-32H. The lowest BCUT2D eigenvalue weighted by atomic mass is 9.87. The van der Waals surface area contributed by atoms with Crippen LogP contribution in [0.2, 0.25) is 0 Å². The van der Waals surface area contributed by atoms with Gasteiger partial charge in [-0.05, 0) is 123 Å². The van der Waals surface area contributed by atoms with Gasteiger partial charge in [0.15, 0.2) is 0 Å². The van der Waals surface area contributed by atoms with Gasteiger partial charge in [-0.3, -0.25) is 0 Å². The second-order valence-corrected chi connectivity index (χ2v) is 13.3. The van der Waals surface area contributed by atoms with Crippen molar-refractivity contribution in [3.63, 3.8) is 0 Å². The molecule has 0 fully saturated rings. The SMILES string of the molecule is c1ccc2cc(-c3ccc(-c4cc5c6ccccc6c(-c6ccc(-c7ccc8ccccc8c7)cc6)cc5c5ccccc45)cc3)ccc2c1. The molecule has 0 saturated heterocycles. The Bertz CT molecular complexity index is 2690. The van der Waals surface area contributed by atoms with E-state index in [1.54, 1.807) is 0 Å². The Morgan fingerprint density at radius 2 is 0.500 bits per heavy atom. The van der Waals surface area contributed by atoms with E-state index < -0.39 is 0 Å². The summed E-state index contributed by atoms with van der Waals surface area (Å²) in [6.45, 7) is 0. The van der Waals surface area contributed by atoms with Gasteiger partial charge in [0.05, 0.1) is 0 Å². The van der Waals surface area contributed by atoms with Crippen molar-refractivity contribution in [1.29, 1.82) is 0 Å². The van der Waals surface area contributed by atoms with E-state index in [2.05, 4.69) is 194 Å². The highest BCUT2D eigenvalue weighted by Crippen LogP contribution is 2.42. The zero-order valence-electron chi connectivity index (χ0n) is 27.5. The van der Waals surface area contributed by atoms with Crippen LogP contribution in [0, 0.1) is 0 Å². The lowest BCUT2D eigenvalue weighted by Crippen LogP contribution is -1.89. The van der Waals surface area contributed by atoms with E-state index in [1.807, 2.05) is 0 Å². The maximum atomic E-state index is 2.41. The van der Waals surface area contributed by atoms with Crippen LogP contribution < -0.4 is 0 Å². The molecule has 0 N–H and O–H groups in total. The van der Waals surface area contributed by atoms with Crippen molar-refractivity contribution in [1.82, 2.24) is 0 Å². The van der Waals surface area contributed by atoms with Crippen molar-refractivity contribution in [3.05, 3.63) is 194 Å². The lowest BCUT2D eigenvalue weighted by molar-refractivity contribution is 1.62. The van der Waals surface area contributed by atoms with Gasteiger partial charge < -0.3 is 0 Å². The summed E-state index contributed by atoms with van der Waals surface area (Å²) in [5.41, 5.74) is 9.91. The highest BCUT2D eigenvalue weighted by atomic mass is 14.2. The van der Waals surface area contributed by atoms with Crippen molar-refractivity contribution in [2.75, 3.05) is 0 Å². The van der Waals surface area contributed by atoms with Gasteiger partial charge >= 0.3 is 0 Å². The van der Waals surface area contributed by atoms with Gasteiger partial charge in [0.25, 0.3) is 0 Å². The molecule has 50 heavy (non-hydrogen) atoms. The molecule has 0 atom stereocenters. The third kappa shape index (κ3) is 4.77. The topological polar surface area (TPSA) is 0 Å². The average molecular weight is 633 g/mol. The molecule has 0 spiro atoms. The van der Waals surface area contributed by atoms with Gasteiger partial charge in [0, 0.05) is 0 Å². The smallest absolute Gasteiger partial charge is 0.00923 e. The Labute approximate surface area is 291 Å². The van der Waals surface area contributed by atoms with Crippen molar-refractivity contribution in [3.8, 4) is 44.5 Å². The van der Waals surface area contributed by atoms with E-state index in [-0.39, 0.29) is 0 Å². The van der Waals surface area contributed by atoms with Crippen molar-refractivity contribution >= 4 is 53.9 Å². The minimum Gasteiger partial charge on any atom is -0.0616 e. The number of hydrogen-bond acceptors (Lipinski definition) is 0. The molecule has 10 aromatic carbocycles. The van der Waals surface area contributed by atoms with Gasteiger partial charge in [0.1, 0.15) is 0 Å². The molecular weight excluding hydrogens is 601 g/mol. The van der Waals surface area contributed by atoms with Crippen LogP contribution >= 0.6 is 0 Å². The summed E-state index contributed by atoms with van der Waals surface area (Å²) < 4.78 is 0. The van der Waals surface area contributed by atoms with Gasteiger partial charge in [-0.2, -0.15) is 0 Å². The van der Waals surface area contributed by atoms with Crippen molar-refractivity contribution in [2.24, 2.45) is 0 Å². The van der Waals surface area contributed by atoms with Crippen LogP contribution in [-0.2, 0) is 0 Å². The number of hydrogen-bond donors (Lipinski definition) is 0. The minimum atomic E-state index is 1.23. The maximum absolute atomic E-state index is 2.41. The third-order valence-corrected chi connectivity index (χ3v) is 10.4. The molecule has 0 aliphatic carbocycles. The van der Waals surface area contributed by atoms with Gasteiger partial charge in [-0.25, -0.2) is 0 Å². The zero-order valence-corrected chi connectivity index (χ0v) is 27.5. The molecule has 0 aromatic heterocycles. The summed E-state index contributed by atoms with van der Waals surface area (Å²) in [5.74, 6) is 0. The second-order valence-electron chi connectivity index (χ2n) is 13.3. The zero-order chi connectivity index (χ0) is 33.0. The Morgan fingerprint density at radius 3 is 0.920 bits per heavy atom. The van der Waals surface area contributed by atoms with Crippen LogP contribution in [0.4, 0.5) is 0 Å². The number of fused-ring (bicyclic) bond motifs is 7. The molecule has 0 aliphatic rings. The molecule has 0 nitrogen and oxygen atoms in total. The Hall–Kier alpha value is -6.50. The molecule has 0 amide bonds. The minimum absolute atomic E-state index is 1.23. The Morgan fingerprint density at radius 1 is 0.180 bits per heavy atom. The second kappa shape index (κ2) is 11.6. The average Bonchev–Trinajstić information content (AvgIpc) is 3.20. The first-order chi connectivity index (χ1) is 24.8. The third-order valence-electron chi connectivity index (χ3n) is 10.4. The Kier molecular flexibility index (Phi) is 6.60. The molecule has 10 rings (SSSR count). The molecule has 0 radical (unpaired) electrons. The van der Waals surface area contributed by atoms with Gasteiger partial charge in [-0.1, -0.05) is 170 Å². The van der Waals surface area contributed by atoms with Crippen LogP contribution in [0.1, 0.15) is 0 Å². The molecule has 10 aromatic rings. The maximum Gasteiger partial charge on any atom is -0.00923 e. The predicted molar refractivity (Wildman–Crippen MR) is 216 cm³/mol. The Balaban J connectivity index is 1.09. The van der Waals surface area contributed by atoms with Crippen molar-refractivity contribution < 1.29 is 0 Å². The van der Waals surface area contributed by atoms with Crippen LogP contribution in [0.25, 0.3) is 98.4 Å². The molecule has 0 heteroatoms. The monoisotopic (exact) mass is 632 g/mol. The van der Waals surface area contributed by atoms with Gasteiger partial charge in [-0.15, -0.1) is 0 Å². The van der Waals surface area contributed by atoms with Crippen molar-refractivity contribution in [2.45, 2.75) is 0 Å². The normalized spacial score (nSPS) is 11.6. The number of benzene rings is 10. The molecular formula is C50H32. The largest absolute Gasteiger partial charge is 0.0616 e. The highest BCUT2D eigenvalue weighted by molar-refractivity contribution is 6.23. The molecule has 232 valence electrons. The van der Waals surface area contributed by atoms with Crippen LogP contribution in [0.3, 0.4) is 0 Å². The van der Waals surface area contributed by atoms with E-state index in [4.69, 9.17) is 0 Å². The molecule has 0 saturated carbocycles. The van der Waals surface area contributed by atoms with Gasteiger partial charge in [0.2, 0.25) is 0 Å². The lowest BCUT2D eigenvalue weighted by Gasteiger charge is -2.16. The predicted octanol–water partition coefficient (Wildman–Crippen LogP) is 14.1. The summed E-state index contributed by atoms with van der Waals surface area (Å²) >= 11 is 0. The molecule has 0 unspecified atom stereocenters. The van der Waals surface area contributed by atoms with E-state index in [1.165, 1.54) is 98.4 Å².